The van der Waals surface area contributed by atoms with Crippen LogP contribution in [-0.2, 0) is 0 Å². The van der Waals surface area contributed by atoms with Gasteiger partial charge in [-0.3, -0.25) is 0 Å². The quantitative estimate of drug-likeness (QED) is 0.737. The van der Waals surface area contributed by atoms with Crippen molar-refractivity contribution in [3.05, 3.63) is 46.7 Å². The monoisotopic (exact) mass is 217 g/mol. The average Bonchev–Trinajstić information content (AvgIpc) is 2.59. The number of rotatable bonds is 1. The Morgan fingerprint density at radius 2 is 2.20 bits per heavy atom. The number of hydrogen-bond donors (Lipinski definition) is 0. The van der Waals surface area contributed by atoms with Crippen molar-refractivity contribution in [2.24, 2.45) is 0 Å². The molecule has 0 atom stereocenters. The van der Waals surface area contributed by atoms with Crippen LogP contribution in [0, 0.1) is 18.3 Å². The molecule has 0 amide bonds. The molecule has 0 unspecified atom stereocenters. The molecule has 74 valence electrons. The lowest BCUT2D eigenvalue weighted by Crippen LogP contribution is -1.99. The summed E-state index contributed by atoms with van der Waals surface area (Å²) in [4.78, 5) is 0. The van der Waals surface area contributed by atoms with Gasteiger partial charge in [-0.05, 0) is 31.2 Å². The lowest BCUT2D eigenvalue weighted by atomic mass is 10.3. The minimum Gasteiger partial charge on any atom is -0.223 e. The van der Waals surface area contributed by atoms with E-state index in [1.807, 2.05) is 19.1 Å². The van der Waals surface area contributed by atoms with Gasteiger partial charge in [-0.2, -0.15) is 10.4 Å². The van der Waals surface area contributed by atoms with Crippen molar-refractivity contribution in [3.8, 4) is 11.8 Å². The van der Waals surface area contributed by atoms with Crippen LogP contribution in [0.4, 0.5) is 0 Å². The van der Waals surface area contributed by atoms with Crippen LogP contribution >= 0.6 is 11.6 Å². The fourth-order valence-electron chi connectivity index (χ4n) is 1.38. The van der Waals surface area contributed by atoms with Gasteiger partial charge >= 0.3 is 0 Å². The molecule has 0 bridgehead atoms. The average molecular weight is 218 g/mol. The zero-order chi connectivity index (χ0) is 10.8. The van der Waals surface area contributed by atoms with Crippen LogP contribution in [0.15, 0.2) is 30.3 Å². The first-order chi connectivity index (χ1) is 7.20. The van der Waals surface area contributed by atoms with Gasteiger partial charge in [0.2, 0.25) is 0 Å². The van der Waals surface area contributed by atoms with Crippen molar-refractivity contribution >= 4 is 11.6 Å². The fourth-order valence-corrected chi connectivity index (χ4v) is 1.57. The van der Waals surface area contributed by atoms with E-state index in [1.54, 1.807) is 22.9 Å². The third-order valence-corrected chi connectivity index (χ3v) is 2.23. The van der Waals surface area contributed by atoms with E-state index in [1.165, 1.54) is 0 Å². The molecular weight excluding hydrogens is 210 g/mol. The summed E-state index contributed by atoms with van der Waals surface area (Å²) in [5.41, 5.74) is 2.12. The first-order valence-corrected chi connectivity index (χ1v) is 4.81. The van der Waals surface area contributed by atoms with Crippen LogP contribution in [-0.4, -0.2) is 9.78 Å². The lowest BCUT2D eigenvalue weighted by Gasteiger charge is -2.02. The van der Waals surface area contributed by atoms with Gasteiger partial charge in [-0.15, -0.1) is 0 Å². The molecule has 0 saturated heterocycles. The molecule has 1 heterocycles. The summed E-state index contributed by atoms with van der Waals surface area (Å²) in [5.74, 6) is 0. The molecule has 0 N–H and O–H groups in total. The van der Waals surface area contributed by atoms with E-state index in [0.717, 1.165) is 11.4 Å². The molecule has 0 radical (unpaired) electrons. The van der Waals surface area contributed by atoms with E-state index in [2.05, 4.69) is 11.2 Å². The van der Waals surface area contributed by atoms with Crippen LogP contribution in [0.5, 0.6) is 0 Å². The summed E-state index contributed by atoms with van der Waals surface area (Å²) in [7, 11) is 0. The second-order valence-corrected chi connectivity index (χ2v) is 3.61. The summed E-state index contributed by atoms with van der Waals surface area (Å²) in [5, 5.41) is 13.8. The normalized spacial score (nSPS) is 9.93. The van der Waals surface area contributed by atoms with Gasteiger partial charge < -0.3 is 0 Å². The number of nitriles is 1. The van der Waals surface area contributed by atoms with Crippen molar-refractivity contribution in [3.63, 3.8) is 0 Å². The zero-order valence-corrected chi connectivity index (χ0v) is 8.86. The molecule has 0 aliphatic rings. The maximum absolute atomic E-state index is 8.92. The van der Waals surface area contributed by atoms with Gasteiger partial charge in [-0.25, -0.2) is 4.68 Å². The van der Waals surface area contributed by atoms with E-state index in [0.29, 0.717) is 10.7 Å². The lowest BCUT2D eigenvalue weighted by molar-refractivity contribution is 0.850. The van der Waals surface area contributed by atoms with Crippen molar-refractivity contribution in [2.75, 3.05) is 0 Å². The molecule has 15 heavy (non-hydrogen) atoms. The van der Waals surface area contributed by atoms with Crippen LogP contribution in [0.25, 0.3) is 5.69 Å². The van der Waals surface area contributed by atoms with Gasteiger partial charge in [0.1, 0.15) is 11.8 Å². The van der Waals surface area contributed by atoms with Crippen LogP contribution in [0.2, 0.25) is 5.02 Å². The molecule has 4 heteroatoms. The maximum Gasteiger partial charge on any atom is 0.144 e. The second-order valence-electron chi connectivity index (χ2n) is 3.17. The number of nitrogens with zero attached hydrogens (tertiary/aromatic N) is 3. The third kappa shape index (κ3) is 1.85. The summed E-state index contributed by atoms with van der Waals surface area (Å²) >= 11 is 5.87. The Morgan fingerprint density at radius 3 is 2.87 bits per heavy atom. The SMILES string of the molecule is Cc1cc(C#N)n(-c2cccc(Cl)c2)n1. The molecule has 3 nitrogen and oxygen atoms in total. The van der Waals surface area contributed by atoms with Crippen molar-refractivity contribution in [1.29, 1.82) is 5.26 Å². The topological polar surface area (TPSA) is 41.6 Å². The highest BCUT2D eigenvalue weighted by atomic mass is 35.5. The van der Waals surface area contributed by atoms with Crippen LogP contribution in [0.3, 0.4) is 0 Å². The van der Waals surface area contributed by atoms with Gasteiger partial charge in [0.25, 0.3) is 0 Å². The Balaban J connectivity index is 2.59. The highest BCUT2D eigenvalue weighted by molar-refractivity contribution is 6.30. The molecule has 0 spiro atoms. The van der Waals surface area contributed by atoms with E-state index in [-0.39, 0.29) is 0 Å². The van der Waals surface area contributed by atoms with Crippen molar-refractivity contribution in [1.82, 2.24) is 9.78 Å². The molecule has 0 aliphatic carbocycles. The maximum atomic E-state index is 8.92. The number of benzene rings is 1. The Kier molecular flexibility index (Phi) is 2.44. The first kappa shape index (κ1) is 9.75. The Hall–Kier alpha value is -1.79. The minimum absolute atomic E-state index is 0.509. The standard InChI is InChI=1S/C11H8ClN3/c1-8-5-11(7-13)15(14-8)10-4-2-3-9(12)6-10/h2-6H,1H3. The molecular formula is C11H8ClN3. The molecule has 1 aromatic heterocycles. The smallest absolute Gasteiger partial charge is 0.144 e. The molecule has 0 aliphatic heterocycles. The number of halogens is 1. The summed E-state index contributed by atoms with van der Waals surface area (Å²) < 4.78 is 1.58. The van der Waals surface area contributed by atoms with Gasteiger partial charge in [0.05, 0.1) is 11.4 Å². The van der Waals surface area contributed by atoms with Gasteiger partial charge in [0.15, 0.2) is 0 Å². The predicted molar refractivity (Wildman–Crippen MR) is 58.0 cm³/mol. The highest BCUT2D eigenvalue weighted by Gasteiger charge is 2.06. The largest absolute Gasteiger partial charge is 0.223 e. The van der Waals surface area contributed by atoms with E-state index < -0.39 is 0 Å². The molecule has 0 fully saturated rings. The molecule has 2 aromatic rings. The Bertz CT molecular complexity index is 537. The van der Waals surface area contributed by atoms with Crippen molar-refractivity contribution in [2.45, 2.75) is 6.92 Å². The van der Waals surface area contributed by atoms with Gasteiger partial charge in [-0.1, -0.05) is 17.7 Å². The third-order valence-electron chi connectivity index (χ3n) is 2.00. The molecule has 1 aromatic carbocycles. The Labute approximate surface area is 92.5 Å². The predicted octanol–water partition coefficient (Wildman–Crippen LogP) is 2.71. The number of aromatic nitrogens is 2. The van der Waals surface area contributed by atoms with Crippen LogP contribution in [0.1, 0.15) is 11.4 Å². The molecule has 2 rings (SSSR count). The van der Waals surface area contributed by atoms with E-state index in [9.17, 15) is 0 Å². The first-order valence-electron chi connectivity index (χ1n) is 4.43. The minimum atomic E-state index is 0.509. The summed E-state index contributed by atoms with van der Waals surface area (Å²) in [6.45, 7) is 1.85. The second kappa shape index (κ2) is 3.76. The Morgan fingerprint density at radius 1 is 1.40 bits per heavy atom. The summed E-state index contributed by atoms with van der Waals surface area (Å²) in [6, 6.07) is 11.1. The number of hydrogen-bond acceptors (Lipinski definition) is 2. The van der Waals surface area contributed by atoms with Crippen LogP contribution < -0.4 is 0 Å². The van der Waals surface area contributed by atoms with E-state index >= 15 is 0 Å². The number of aryl methyl sites for hydroxylation is 1. The summed E-state index contributed by atoms with van der Waals surface area (Å²) in [6.07, 6.45) is 0. The fraction of sp³-hybridized carbons (Fsp3) is 0.0909. The van der Waals surface area contributed by atoms with Gasteiger partial charge in [0, 0.05) is 5.02 Å². The van der Waals surface area contributed by atoms with Crippen molar-refractivity contribution < 1.29 is 0 Å². The highest BCUT2D eigenvalue weighted by Crippen LogP contribution is 2.16. The molecule has 0 saturated carbocycles. The van der Waals surface area contributed by atoms with E-state index in [4.69, 9.17) is 16.9 Å². The zero-order valence-electron chi connectivity index (χ0n) is 8.11.